The standard InChI is InChI=1S/C15H15BrN4S2/c1-10(20-17-2)13-8-7-11(9-18-13)22-15(21)19-14-6-4-3-5-12(14)16/h3-9,17H,1-2H3,(H,19,21). The molecule has 0 aliphatic carbocycles. The zero-order valence-corrected chi connectivity index (χ0v) is 15.3. The summed E-state index contributed by atoms with van der Waals surface area (Å²) in [6.45, 7) is 1.91. The van der Waals surface area contributed by atoms with Crippen molar-refractivity contribution in [2.24, 2.45) is 5.10 Å². The van der Waals surface area contributed by atoms with E-state index in [2.05, 4.69) is 36.8 Å². The largest absolute Gasteiger partial charge is 0.340 e. The van der Waals surface area contributed by atoms with Crippen LogP contribution in [0.1, 0.15) is 12.6 Å². The molecule has 0 fully saturated rings. The molecule has 4 nitrogen and oxygen atoms in total. The number of nitrogens with zero attached hydrogens (tertiary/aromatic N) is 2. The second kappa shape index (κ2) is 8.26. The summed E-state index contributed by atoms with van der Waals surface area (Å²) in [6, 6.07) is 11.8. The zero-order chi connectivity index (χ0) is 15.9. The lowest BCUT2D eigenvalue weighted by atomic mass is 10.3. The van der Waals surface area contributed by atoms with Gasteiger partial charge >= 0.3 is 0 Å². The van der Waals surface area contributed by atoms with Gasteiger partial charge in [0.1, 0.15) is 4.32 Å². The van der Waals surface area contributed by atoms with Gasteiger partial charge in [0.15, 0.2) is 0 Å². The van der Waals surface area contributed by atoms with Crippen LogP contribution in [0.2, 0.25) is 0 Å². The smallest absolute Gasteiger partial charge is 0.143 e. The first kappa shape index (κ1) is 16.9. The fraction of sp³-hybridized carbons (Fsp3) is 0.133. The number of hydrazone groups is 1. The maximum atomic E-state index is 5.37. The molecular formula is C15H15BrN4S2. The number of hydrogen-bond acceptors (Lipinski definition) is 5. The lowest BCUT2D eigenvalue weighted by Crippen LogP contribution is -2.06. The van der Waals surface area contributed by atoms with E-state index in [9.17, 15) is 0 Å². The summed E-state index contributed by atoms with van der Waals surface area (Å²) < 4.78 is 1.65. The van der Waals surface area contributed by atoms with Gasteiger partial charge in [0.05, 0.1) is 17.1 Å². The van der Waals surface area contributed by atoms with Crippen LogP contribution in [0, 0.1) is 0 Å². The lowest BCUT2D eigenvalue weighted by Gasteiger charge is -2.09. The summed E-state index contributed by atoms with van der Waals surface area (Å²) in [5.41, 5.74) is 5.38. The molecule has 0 atom stereocenters. The molecule has 0 unspecified atom stereocenters. The van der Waals surface area contributed by atoms with E-state index in [1.807, 2.05) is 43.3 Å². The molecule has 2 rings (SSSR count). The van der Waals surface area contributed by atoms with Crippen LogP contribution in [0.4, 0.5) is 5.69 Å². The number of pyridine rings is 1. The van der Waals surface area contributed by atoms with Crippen molar-refractivity contribution >= 4 is 55.6 Å². The van der Waals surface area contributed by atoms with Gasteiger partial charge in [0, 0.05) is 22.6 Å². The highest BCUT2D eigenvalue weighted by atomic mass is 79.9. The number of thioether (sulfide) groups is 1. The maximum absolute atomic E-state index is 5.37. The average Bonchev–Trinajstić information content (AvgIpc) is 2.50. The van der Waals surface area contributed by atoms with Crippen molar-refractivity contribution in [2.75, 3.05) is 12.4 Å². The minimum Gasteiger partial charge on any atom is -0.340 e. The van der Waals surface area contributed by atoms with Crippen molar-refractivity contribution in [2.45, 2.75) is 11.8 Å². The minimum absolute atomic E-state index is 0.669. The molecule has 7 heteroatoms. The van der Waals surface area contributed by atoms with Crippen molar-refractivity contribution in [3.05, 3.63) is 52.8 Å². The molecule has 114 valence electrons. The summed E-state index contributed by atoms with van der Waals surface area (Å²) >= 11 is 10.3. The highest BCUT2D eigenvalue weighted by Crippen LogP contribution is 2.25. The molecule has 1 aromatic heterocycles. The van der Waals surface area contributed by atoms with Crippen LogP contribution in [0.25, 0.3) is 0 Å². The Morgan fingerprint density at radius 3 is 2.68 bits per heavy atom. The summed E-state index contributed by atoms with van der Waals surface area (Å²) in [7, 11) is 1.76. The van der Waals surface area contributed by atoms with Gasteiger partial charge in [-0.3, -0.25) is 4.98 Å². The van der Waals surface area contributed by atoms with Crippen LogP contribution >= 0.6 is 39.9 Å². The molecule has 0 saturated carbocycles. The quantitative estimate of drug-likeness (QED) is 0.350. The van der Waals surface area contributed by atoms with Gasteiger partial charge in [0.25, 0.3) is 0 Å². The number of hydrogen-bond donors (Lipinski definition) is 2. The average molecular weight is 395 g/mol. The SMILES string of the molecule is CNN=C(C)c1ccc(SC(=S)Nc2ccccc2Br)cn1. The van der Waals surface area contributed by atoms with Crippen LogP contribution in [-0.4, -0.2) is 22.1 Å². The van der Waals surface area contributed by atoms with Gasteiger partial charge in [-0.15, -0.1) is 0 Å². The first-order valence-corrected chi connectivity index (χ1v) is 8.52. The molecule has 0 amide bonds. The Kier molecular flexibility index (Phi) is 6.35. The molecular weight excluding hydrogens is 380 g/mol. The van der Waals surface area contributed by atoms with Crippen LogP contribution in [0.15, 0.2) is 57.1 Å². The zero-order valence-electron chi connectivity index (χ0n) is 12.1. The number of halogens is 1. The van der Waals surface area contributed by atoms with Crippen molar-refractivity contribution in [3.63, 3.8) is 0 Å². The number of anilines is 1. The molecule has 0 spiro atoms. The van der Waals surface area contributed by atoms with E-state index in [4.69, 9.17) is 12.2 Å². The third-order valence-electron chi connectivity index (χ3n) is 2.71. The number of rotatable bonds is 4. The molecule has 0 aliphatic rings. The number of para-hydroxylation sites is 1. The molecule has 0 aliphatic heterocycles. The predicted octanol–water partition coefficient (Wildman–Crippen LogP) is 4.28. The van der Waals surface area contributed by atoms with Gasteiger partial charge in [-0.2, -0.15) is 5.10 Å². The third-order valence-corrected chi connectivity index (χ3v) is 4.52. The normalized spacial score (nSPS) is 11.1. The number of thiocarbonyl (C=S) groups is 1. The fourth-order valence-electron chi connectivity index (χ4n) is 1.68. The molecule has 1 heterocycles. The van der Waals surface area contributed by atoms with E-state index in [0.29, 0.717) is 4.32 Å². The first-order chi connectivity index (χ1) is 10.6. The summed E-state index contributed by atoms with van der Waals surface area (Å²) in [5, 5.41) is 7.31. The second-order valence-electron chi connectivity index (χ2n) is 4.29. The van der Waals surface area contributed by atoms with Crippen molar-refractivity contribution in [1.82, 2.24) is 10.4 Å². The topological polar surface area (TPSA) is 49.3 Å². The Morgan fingerprint density at radius 1 is 1.27 bits per heavy atom. The van der Waals surface area contributed by atoms with Crippen molar-refractivity contribution in [3.8, 4) is 0 Å². The van der Waals surface area contributed by atoms with Crippen LogP contribution < -0.4 is 10.7 Å². The van der Waals surface area contributed by atoms with Gasteiger partial charge in [0.2, 0.25) is 0 Å². The van der Waals surface area contributed by atoms with Gasteiger partial charge < -0.3 is 10.7 Å². The summed E-state index contributed by atoms with van der Waals surface area (Å²) in [5.74, 6) is 0. The van der Waals surface area contributed by atoms with E-state index in [1.165, 1.54) is 11.8 Å². The van der Waals surface area contributed by atoms with E-state index in [1.54, 1.807) is 13.2 Å². The van der Waals surface area contributed by atoms with Gasteiger partial charge in [-0.25, -0.2) is 0 Å². The fourth-order valence-corrected chi connectivity index (χ4v) is 3.08. The van der Waals surface area contributed by atoms with Crippen molar-refractivity contribution in [1.29, 1.82) is 0 Å². The van der Waals surface area contributed by atoms with Crippen molar-refractivity contribution < 1.29 is 0 Å². The molecule has 2 N–H and O–H groups in total. The molecule has 22 heavy (non-hydrogen) atoms. The van der Waals surface area contributed by atoms with E-state index >= 15 is 0 Å². The molecule has 1 aromatic carbocycles. The van der Waals surface area contributed by atoms with E-state index in [-0.39, 0.29) is 0 Å². The highest BCUT2D eigenvalue weighted by molar-refractivity contribution is 9.10. The molecule has 2 aromatic rings. The predicted molar refractivity (Wildman–Crippen MR) is 102 cm³/mol. The Labute approximate surface area is 147 Å². The van der Waals surface area contributed by atoms with Crippen LogP contribution in [0.3, 0.4) is 0 Å². The monoisotopic (exact) mass is 394 g/mol. The Hall–Kier alpha value is -1.44. The maximum Gasteiger partial charge on any atom is 0.143 e. The number of aromatic nitrogens is 1. The highest BCUT2D eigenvalue weighted by Gasteiger charge is 2.05. The molecule has 0 radical (unpaired) electrons. The molecule has 0 bridgehead atoms. The lowest BCUT2D eigenvalue weighted by molar-refractivity contribution is 0.897. The van der Waals surface area contributed by atoms with Gasteiger partial charge in [-0.05, 0) is 47.1 Å². The number of benzene rings is 1. The summed E-state index contributed by atoms with van der Waals surface area (Å²) in [6.07, 6.45) is 1.79. The minimum atomic E-state index is 0.669. The third kappa shape index (κ3) is 4.79. The molecule has 0 saturated heterocycles. The number of nitrogens with one attached hydrogen (secondary N) is 2. The van der Waals surface area contributed by atoms with E-state index < -0.39 is 0 Å². The van der Waals surface area contributed by atoms with Crippen LogP contribution in [0.5, 0.6) is 0 Å². The second-order valence-corrected chi connectivity index (χ2v) is 6.90. The van der Waals surface area contributed by atoms with Gasteiger partial charge in [-0.1, -0.05) is 36.1 Å². The van der Waals surface area contributed by atoms with E-state index in [0.717, 1.165) is 26.5 Å². The Morgan fingerprint density at radius 2 is 2.05 bits per heavy atom. The Bertz CT molecular complexity index is 686. The van der Waals surface area contributed by atoms with Crippen LogP contribution in [-0.2, 0) is 0 Å². The summed E-state index contributed by atoms with van der Waals surface area (Å²) in [4.78, 5) is 5.36. The Balaban J connectivity index is 2.00. The first-order valence-electron chi connectivity index (χ1n) is 6.51.